The van der Waals surface area contributed by atoms with E-state index < -0.39 is 16.0 Å². The molecule has 8 nitrogen and oxygen atoms in total. The summed E-state index contributed by atoms with van der Waals surface area (Å²) in [5, 5.41) is 2.70. The third-order valence-corrected chi connectivity index (χ3v) is 6.18. The van der Waals surface area contributed by atoms with Gasteiger partial charge in [0.15, 0.2) is 0 Å². The minimum Gasteiger partial charge on any atom is -0.465 e. The molecule has 1 amide bonds. The number of nitrogens with one attached hydrogen (secondary N) is 1. The molecule has 1 aliphatic rings. The minimum atomic E-state index is -3.25. The van der Waals surface area contributed by atoms with Gasteiger partial charge in [-0.3, -0.25) is 9.10 Å². The predicted molar refractivity (Wildman–Crippen MR) is 98.1 cm³/mol. The van der Waals surface area contributed by atoms with E-state index in [4.69, 9.17) is 4.42 Å². The first kappa shape index (κ1) is 19.0. The second kappa shape index (κ2) is 7.43. The van der Waals surface area contributed by atoms with Crippen LogP contribution in [0.5, 0.6) is 0 Å². The molecule has 0 atom stereocenters. The van der Waals surface area contributed by atoms with E-state index in [2.05, 4.69) is 10.1 Å². The van der Waals surface area contributed by atoms with Crippen LogP contribution in [0.2, 0.25) is 0 Å². The average molecular weight is 392 g/mol. The zero-order chi connectivity index (χ0) is 19.6. The maximum atomic E-state index is 12.3. The third kappa shape index (κ3) is 3.97. The van der Waals surface area contributed by atoms with Gasteiger partial charge in [-0.2, -0.15) is 0 Å². The number of carbonyl (C=O) groups is 2. The van der Waals surface area contributed by atoms with Crippen molar-refractivity contribution in [3.05, 3.63) is 53.0 Å². The molecule has 1 aromatic carbocycles. The van der Waals surface area contributed by atoms with Crippen molar-refractivity contribution in [2.75, 3.05) is 23.7 Å². The molecule has 3 rings (SSSR count). The van der Waals surface area contributed by atoms with E-state index in [1.54, 1.807) is 31.2 Å². The first-order chi connectivity index (χ1) is 12.8. The number of nitrogens with zero attached hydrogens (tertiary/aromatic N) is 1. The van der Waals surface area contributed by atoms with Gasteiger partial charge in [0.05, 0.1) is 25.1 Å². The van der Waals surface area contributed by atoms with Crippen LogP contribution in [0.4, 0.5) is 5.69 Å². The fourth-order valence-corrected chi connectivity index (χ4v) is 4.49. The number of aryl methyl sites for hydroxylation is 1. The number of amides is 1. The number of ether oxygens (including phenoxy) is 1. The van der Waals surface area contributed by atoms with Crippen molar-refractivity contribution in [3.8, 4) is 0 Å². The lowest BCUT2D eigenvalue weighted by Crippen LogP contribution is -2.25. The van der Waals surface area contributed by atoms with E-state index in [9.17, 15) is 18.0 Å². The number of carbonyl (C=O) groups excluding carboxylic acids is 2. The maximum absolute atomic E-state index is 12.3. The number of anilines is 1. The number of rotatable bonds is 5. The fourth-order valence-electron chi connectivity index (χ4n) is 2.92. The highest BCUT2D eigenvalue weighted by Gasteiger charge is 2.28. The fraction of sp³-hybridized carbons (Fsp3) is 0.333. The summed E-state index contributed by atoms with van der Waals surface area (Å²) in [5.41, 5.74) is 1.26. The lowest BCUT2D eigenvalue weighted by atomic mass is 10.2. The summed E-state index contributed by atoms with van der Waals surface area (Å²) in [6.45, 7) is 2.20. The quantitative estimate of drug-likeness (QED) is 0.779. The first-order valence-electron chi connectivity index (χ1n) is 8.38. The Morgan fingerprint density at radius 1 is 1.26 bits per heavy atom. The summed E-state index contributed by atoms with van der Waals surface area (Å²) in [6, 6.07) is 7.91. The highest BCUT2D eigenvalue weighted by molar-refractivity contribution is 7.93. The molecule has 0 radical (unpaired) electrons. The highest BCUT2D eigenvalue weighted by Crippen LogP contribution is 2.24. The van der Waals surface area contributed by atoms with E-state index >= 15 is 0 Å². The van der Waals surface area contributed by atoms with Crippen LogP contribution in [0, 0.1) is 6.92 Å². The van der Waals surface area contributed by atoms with E-state index in [1.165, 1.54) is 17.5 Å². The molecule has 1 saturated heterocycles. The molecule has 0 aliphatic carbocycles. The second-order valence-electron chi connectivity index (χ2n) is 6.15. The number of benzene rings is 1. The zero-order valence-corrected chi connectivity index (χ0v) is 15.8. The van der Waals surface area contributed by atoms with Crippen LogP contribution in [0.1, 0.15) is 38.7 Å². The van der Waals surface area contributed by atoms with Crippen molar-refractivity contribution in [2.45, 2.75) is 19.9 Å². The van der Waals surface area contributed by atoms with Gasteiger partial charge in [-0.05, 0) is 43.7 Å². The Morgan fingerprint density at radius 2 is 1.96 bits per heavy atom. The number of methoxy groups -OCH3 is 1. The van der Waals surface area contributed by atoms with Crippen LogP contribution in [0.15, 0.2) is 34.7 Å². The molecule has 0 bridgehead atoms. The Labute approximate surface area is 157 Å². The predicted octanol–water partition coefficient (Wildman–Crippen LogP) is 1.84. The lowest BCUT2D eigenvalue weighted by Gasteiger charge is -2.16. The molecule has 2 heterocycles. The van der Waals surface area contributed by atoms with Gasteiger partial charge in [0.1, 0.15) is 17.1 Å². The number of sulfonamides is 1. The largest absolute Gasteiger partial charge is 0.465 e. The van der Waals surface area contributed by atoms with Crippen molar-refractivity contribution in [2.24, 2.45) is 0 Å². The molecule has 2 aromatic rings. The van der Waals surface area contributed by atoms with Gasteiger partial charge in [0.25, 0.3) is 5.91 Å². The van der Waals surface area contributed by atoms with Gasteiger partial charge in [-0.1, -0.05) is 0 Å². The van der Waals surface area contributed by atoms with E-state index in [1.807, 2.05) is 0 Å². The van der Waals surface area contributed by atoms with Crippen molar-refractivity contribution in [1.29, 1.82) is 0 Å². The van der Waals surface area contributed by atoms with Gasteiger partial charge >= 0.3 is 5.97 Å². The van der Waals surface area contributed by atoms with Crippen LogP contribution in [-0.4, -0.2) is 39.7 Å². The van der Waals surface area contributed by atoms with Crippen molar-refractivity contribution in [3.63, 3.8) is 0 Å². The molecule has 0 spiro atoms. The summed E-state index contributed by atoms with van der Waals surface area (Å²) in [4.78, 5) is 23.9. The number of furan rings is 1. The number of hydrogen-bond acceptors (Lipinski definition) is 6. The van der Waals surface area contributed by atoms with Gasteiger partial charge in [-0.25, -0.2) is 13.2 Å². The minimum absolute atomic E-state index is 0.110. The second-order valence-corrected chi connectivity index (χ2v) is 8.16. The standard InChI is InChI=1S/C18H20N2O6S/c1-12-16(18(22)25-2)10-15(26-12)11-19-17(21)13-4-6-14(7-5-13)20-8-3-9-27(20,23)24/h4-7,10H,3,8-9,11H2,1-2H3,(H,19,21). The van der Waals surface area contributed by atoms with Crippen molar-refractivity contribution in [1.82, 2.24) is 5.32 Å². The molecule has 0 saturated carbocycles. The first-order valence-corrected chi connectivity index (χ1v) is 9.99. The summed E-state index contributed by atoms with van der Waals surface area (Å²) < 4.78 is 35.3. The van der Waals surface area contributed by atoms with Gasteiger partial charge in [0.2, 0.25) is 10.0 Å². The van der Waals surface area contributed by atoms with Gasteiger partial charge < -0.3 is 14.5 Å². The zero-order valence-electron chi connectivity index (χ0n) is 15.0. The van der Waals surface area contributed by atoms with E-state index in [-0.39, 0.29) is 18.2 Å². The van der Waals surface area contributed by atoms with E-state index in [0.29, 0.717) is 41.3 Å². The highest BCUT2D eigenvalue weighted by atomic mass is 32.2. The van der Waals surface area contributed by atoms with Crippen LogP contribution < -0.4 is 9.62 Å². The summed E-state index contributed by atoms with van der Waals surface area (Å²) >= 11 is 0. The molecule has 9 heteroatoms. The summed E-state index contributed by atoms with van der Waals surface area (Å²) in [5.74, 6) is 0.162. The van der Waals surface area contributed by atoms with Crippen molar-refractivity contribution < 1.29 is 27.2 Å². The molecule has 1 aliphatic heterocycles. The van der Waals surface area contributed by atoms with Crippen molar-refractivity contribution >= 4 is 27.6 Å². The van der Waals surface area contributed by atoms with Gasteiger partial charge in [0, 0.05) is 12.1 Å². The maximum Gasteiger partial charge on any atom is 0.341 e. The summed E-state index contributed by atoms with van der Waals surface area (Å²) in [6.07, 6.45) is 0.598. The molecular formula is C18H20N2O6S. The molecular weight excluding hydrogens is 372 g/mol. The summed E-state index contributed by atoms with van der Waals surface area (Å²) in [7, 11) is -1.96. The molecule has 0 unspecified atom stereocenters. The normalized spacial score (nSPS) is 15.6. The third-order valence-electron chi connectivity index (χ3n) is 4.31. The lowest BCUT2D eigenvalue weighted by molar-refractivity contribution is 0.0598. The van der Waals surface area contributed by atoms with E-state index in [0.717, 1.165) is 0 Å². The van der Waals surface area contributed by atoms with Gasteiger partial charge in [-0.15, -0.1) is 0 Å². The Morgan fingerprint density at radius 3 is 2.56 bits per heavy atom. The van der Waals surface area contributed by atoms with Crippen LogP contribution in [0.3, 0.4) is 0 Å². The molecule has 144 valence electrons. The monoisotopic (exact) mass is 392 g/mol. The smallest absolute Gasteiger partial charge is 0.341 e. The topological polar surface area (TPSA) is 106 Å². The molecule has 1 N–H and O–H groups in total. The molecule has 1 aromatic heterocycles. The van der Waals surface area contributed by atoms with Crippen LogP contribution >= 0.6 is 0 Å². The number of esters is 1. The Balaban J connectivity index is 1.64. The van der Waals surface area contributed by atoms with Crippen LogP contribution in [-0.2, 0) is 21.3 Å². The molecule has 27 heavy (non-hydrogen) atoms. The average Bonchev–Trinajstić information content (AvgIpc) is 3.20. The Hall–Kier alpha value is -2.81. The SMILES string of the molecule is COC(=O)c1cc(CNC(=O)c2ccc(N3CCCS3(=O)=O)cc2)oc1C. The Bertz CT molecular complexity index is 962. The molecule has 1 fully saturated rings. The Kier molecular flexibility index (Phi) is 5.22. The van der Waals surface area contributed by atoms with Crippen LogP contribution in [0.25, 0.3) is 0 Å². The number of hydrogen-bond donors (Lipinski definition) is 1.